The second-order valence-electron chi connectivity index (χ2n) is 6.47. The molecule has 0 spiro atoms. The van der Waals surface area contributed by atoms with Crippen molar-refractivity contribution in [1.82, 2.24) is 5.01 Å². The van der Waals surface area contributed by atoms with Gasteiger partial charge in [-0.25, -0.2) is 0 Å². The molecule has 0 atom stereocenters. The van der Waals surface area contributed by atoms with Gasteiger partial charge in [-0.2, -0.15) is 15.1 Å². The SMILES string of the molecule is N=C1C(=Cc2ccc(-c3ccccc3)o2)C(=O)N=C2SC(c3ccccc3Cl)=NN12. The number of carbonyl (C=O) groups excluding carboxylic acids is 1. The number of nitrogens with one attached hydrogen (secondary N) is 1. The van der Waals surface area contributed by atoms with Crippen molar-refractivity contribution in [2.45, 2.75) is 0 Å². The van der Waals surface area contributed by atoms with Crippen molar-refractivity contribution < 1.29 is 9.21 Å². The zero-order chi connectivity index (χ0) is 20.7. The van der Waals surface area contributed by atoms with Crippen LogP contribution in [-0.2, 0) is 4.79 Å². The van der Waals surface area contributed by atoms with Crippen molar-refractivity contribution in [3.63, 3.8) is 0 Å². The van der Waals surface area contributed by atoms with Crippen LogP contribution in [0.4, 0.5) is 0 Å². The summed E-state index contributed by atoms with van der Waals surface area (Å²) in [4.78, 5) is 16.7. The Morgan fingerprint density at radius 3 is 2.60 bits per heavy atom. The molecule has 8 heteroatoms. The predicted octanol–water partition coefficient (Wildman–Crippen LogP) is 5.27. The van der Waals surface area contributed by atoms with E-state index in [0.29, 0.717) is 26.8 Å². The van der Waals surface area contributed by atoms with E-state index < -0.39 is 5.91 Å². The Kier molecular flexibility index (Phi) is 4.61. The number of hydrogen-bond acceptors (Lipinski definition) is 5. The quantitative estimate of drug-likeness (QED) is 0.572. The zero-order valence-corrected chi connectivity index (χ0v) is 16.9. The third-order valence-electron chi connectivity index (χ3n) is 4.53. The summed E-state index contributed by atoms with van der Waals surface area (Å²) in [6.07, 6.45) is 1.52. The van der Waals surface area contributed by atoms with Crippen LogP contribution in [0.1, 0.15) is 11.3 Å². The fraction of sp³-hybridized carbons (Fsp3) is 0. The molecule has 0 bridgehead atoms. The minimum absolute atomic E-state index is 0.0581. The first-order valence-electron chi connectivity index (χ1n) is 9.00. The summed E-state index contributed by atoms with van der Waals surface area (Å²) >= 11 is 7.47. The highest BCUT2D eigenvalue weighted by Crippen LogP contribution is 2.33. The topological polar surface area (TPSA) is 82.0 Å². The molecule has 0 fully saturated rings. The van der Waals surface area contributed by atoms with Gasteiger partial charge in [0.15, 0.2) is 5.84 Å². The fourth-order valence-electron chi connectivity index (χ4n) is 3.07. The lowest BCUT2D eigenvalue weighted by Crippen LogP contribution is -2.35. The molecule has 3 heterocycles. The van der Waals surface area contributed by atoms with Gasteiger partial charge in [-0.1, -0.05) is 60.1 Å². The number of amides is 1. The number of thioether (sulfide) groups is 1. The van der Waals surface area contributed by atoms with E-state index in [-0.39, 0.29) is 11.4 Å². The maximum Gasteiger partial charge on any atom is 0.283 e. The van der Waals surface area contributed by atoms with Crippen molar-refractivity contribution in [2.24, 2.45) is 10.1 Å². The number of fused-ring (bicyclic) bond motifs is 1. The minimum atomic E-state index is -0.507. The molecule has 2 aliphatic heterocycles. The fourth-order valence-corrected chi connectivity index (χ4v) is 4.28. The second kappa shape index (κ2) is 7.44. The maximum absolute atomic E-state index is 12.6. The van der Waals surface area contributed by atoms with Gasteiger partial charge in [0, 0.05) is 11.1 Å². The molecule has 0 unspecified atom stereocenters. The van der Waals surface area contributed by atoms with Gasteiger partial charge in [0.1, 0.15) is 16.6 Å². The number of nitrogens with zero attached hydrogens (tertiary/aromatic N) is 3. The molecule has 1 N–H and O–H groups in total. The lowest BCUT2D eigenvalue weighted by molar-refractivity contribution is -0.114. The largest absolute Gasteiger partial charge is 0.457 e. The lowest BCUT2D eigenvalue weighted by atomic mass is 10.1. The molecule has 0 radical (unpaired) electrons. The number of halogens is 1. The molecule has 1 aromatic heterocycles. The summed E-state index contributed by atoms with van der Waals surface area (Å²) < 4.78 is 5.84. The summed E-state index contributed by atoms with van der Waals surface area (Å²) in [6.45, 7) is 0. The molecule has 0 saturated carbocycles. The standard InChI is InChI=1S/C22H13ClN4O2S/c23-17-9-5-4-8-15(17)21-26-27-19(24)16(20(28)25-22(27)30-21)12-14-10-11-18(29-14)13-6-2-1-3-7-13/h1-12,24H. The molecule has 5 rings (SSSR count). The Hall–Kier alpha value is -3.42. The van der Waals surface area contributed by atoms with Crippen molar-refractivity contribution >= 4 is 51.4 Å². The van der Waals surface area contributed by atoms with Crippen LogP contribution in [0.2, 0.25) is 5.02 Å². The number of amidine groups is 2. The molecular weight excluding hydrogens is 420 g/mol. The summed E-state index contributed by atoms with van der Waals surface area (Å²) in [7, 11) is 0. The molecule has 30 heavy (non-hydrogen) atoms. The monoisotopic (exact) mass is 432 g/mol. The molecule has 0 aliphatic carbocycles. The third-order valence-corrected chi connectivity index (χ3v) is 5.80. The first kappa shape index (κ1) is 18.6. The van der Waals surface area contributed by atoms with Gasteiger partial charge in [-0.3, -0.25) is 10.2 Å². The highest BCUT2D eigenvalue weighted by Gasteiger charge is 2.36. The Bertz CT molecular complexity index is 1280. The molecular formula is C22H13ClN4O2S. The van der Waals surface area contributed by atoms with E-state index in [1.54, 1.807) is 12.1 Å². The summed E-state index contributed by atoms with van der Waals surface area (Å²) in [5, 5.41) is 15.8. The highest BCUT2D eigenvalue weighted by molar-refractivity contribution is 8.27. The van der Waals surface area contributed by atoms with E-state index >= 15 is 0 Å². The zero-order valence-electron chi connectivity index (χ0n) is 15.4. The van der Waals surface area contributed by atoms with Gasteiger partial charge >= 0.3 is 0 Å². The van der Waals surface area contributed by atoms with Gasteiger partial charge < -0.3 is 4.42 Å². The van der Waals surface area contributed by atoms with Crippen molar-refractivity contribution in [1.29, 1.82) is 5.41 Å². The van der Waals surface area contributed by atoms with E-state index in [9.17, 15) is 4.79 Å². The molecule has 6 nitrogen and oxygen atoms in total. The van der Waals surface area contributed by atoms with E-state index in [1.807, 2.05) is 54.6 Å². The van der Waals surface area contributed by atoms with Gasteiger partial charge in [-0.05, 0) is 36.0 Å². The summed E-state index contributed by atoms with van der Waals surface area (Å²) in [5.41, 5.74) is 1.76. The van der Waals surface area contributed by atoms with Crippen LogP contribution in [0.5, 0.6) is 0 Å². The molecule has 0 saturated heterocycles. The van der Waals surface area contributed by atoms with E-state index in [1.165, 1.54) is 22.8 Å². The molecule has 2 aromatic carbocycles. The predicted molar refractivity (Wildman–Crippen MR) is 120 cm³/mol. The van der Waals surface area contributed by atoms with Crippen LogP contribution >= 0.6 is 23.4 Å². The van der Waals surface area contributed by atoms with Crippen molar-refractivity contribution in [3.8, 4) is 11.3 Å². The van der Waals surface area contributed by atoms with Crippen LogP contribution in [0.3, 0.4) is 0 Å². The maximum atomic E-state index is 12.6. The number of aliphatic imine (C=N–C) groups is 1. The molecule has 2 aliphatic rings. The smallest absolute Gasteiger partial charge is 0.283 e. The summed E-state index contributed by atoms with van der Waals surface area (Å²) in [6, 6.07) is 20.5. The van der Waals surface area contributed by atoms with E-state index in [2.05, 4.69) is 10.1 Å². The Labute approximate surface area is 181 Å². The normalized spacial score (nSPS) is 17.2. The lowest BCUT2D eigenvalue weighted by Gasteiger charge is -2.19. The molecule has 146 valence electrons. The van der Waals surface area contributed by atoms with E-state index in [4.69, 9.17) is 21.4 Å². The number of carbonyl (C=O) groups is 1. The Morgan fingerprint density at radius 1 is 1.03 bits per heavy atom. The van der Waals surface area contributed by atoms with Crippen LogP contribution in [0, 0.1) is 5.41 Å². The minimum Gasteiger partial charge on any atom is -0.457 e. The average molecular weight is 433 g/mol. The second-order valence-corrected chi connectivity index (χ2v) is 7.84. The first-order valence-corrected chi connectivity index (χ1v) is 10.2. The number of hydrogen-bond donors (Lipinski definition) is 1. The van der Waals surface area contributed by atoms with E-state index in [0.717, 1.165) is 11.1 Å². The summed E-state index contributed by atoms with van der Waals surface area (Å²) in [5.74, 6) is 0.573. The van der Waals surface area contributed by atoms with Gasteiger partial charge in [0.2, 0.25) is 5.17 Å². The number of hydrazone groups is 1. The van der Waals surface area contributed by atoms with Crippen LogP contribution in [-0.4, -0.2) is 27.0 Å². The van der Waals surface area contributed by atoms with Gasteiger partial charge in [-0.15, -0.1) is 0 Å². The Morgan fingerprint density at radius 2 is 1.80 bits per heavy atom. The van der Waals surface area contributed by atoms with Gasteiger partial charge in [0.05, 0.1) is 10.6 Å². The van der Waals surface area contributed by atoms with Gasteiger partial charge in [0.25, 0.3) is 5.91 Å². The molecule has 1 amide bonds. The number of rotatable bonds is 3. The van der Waals surface area contributed by atoms with Crippen molar-refractivity contribution in [3.05, 3.63) is 88.6 Å². The third kappa shape index (κ3) is 3.28. The number of furan rings is 1. The average Bonchev–Trinajstić information content (AvgIpc) is 3.39. The van der Waals surface area contributed by atoms with Crippen LogP contribution in [0.15, 0.2) is 86.8 Å². The van der Waals surface area contributed by atoms with Crippen molar-refractivity contribution in [2.75, 3.05) is 0 Å². The molecule has 3 aromatic rings. The number of benzene rings is 2. The highest BCUT2D eigenvalue weighted by atomic mass is 35.5. The first-order chi connectivity index (χ1) is 14.6. The Balaban J connectivity index is 1.46. The van der Waals surface area contributed by atoms with Crippen LogP contribution < -0.4 is 0 Å². The van der Waals surface area contributed by atoms with Crippen LogP contribution in [0.25, 0.3) is 17.4 Å².